The zero-order chi connectivity index (χ0) is 18.5. The molecule has 8 heteroatoms. The minimum atomic E-state index is -0.366. The molecule has 0 saturated carbocycles. The SMILES string of the molecule is CN(Cc1ccccc1F)C(=O)COc1nc(-c2ccccc2Cl)no1. The molecule has 3 aromatic rings. The summed E-state index contributed by atoms with van der Waals surface area (Å²) in [5.74, 6) is -0.460. The van der Waals surface area contributed by atoms with Gasteiger partial charge >= 0.3 is 6.08 Å². The van der Waals surface area contributed by atoms with Gasteiger partial charge in [0.1, 0.15) is 5.82 Å². The van der Waals surface area contributed by atoms with Crippen LogP contribution in [-0.4, -0.2) is 34.6 Å². The molecule has 0 atom stereocenters. The first-order valence-electron chi connectivity index (χ1n) is 7.73. The molecule has 0 spiro atoms. The van der Waals surface area contributed by atoms with Crippen molar-refractivity contribution in [3.63, 3.8) is 0 Å². The molecular weight excluding hydrogens is 361 g/mol. The van der Waals surface area contributed by atoms with E-state index in [9.17, 15) is 9.18 Å². The van der Waals surface area contributed by atoms with Gasteiger partial charge in [0.2, 0.25) is 5.82 Å². The predicted molar refractivity (Wildman–Crippen MR) is 93.1 cm³/mol. The molecule has 0 aliphatic heterocycles. The number of carbonyl (C=O) groups is 1. The molecule has 3 rings (SSSR count). The molecule has 2 aromatic carbocycles. The standard InChI is InChI=1S/C18H15ClFN3O3/c1-23(10-12-6-2-5-9-15(12)20)16(24)11-25-18-21-17(22-26-18)13-7-3-4-8-14(13)19/h2-9H,10-11H2,1H3. The van der Waals surface area contributed by atoms with Gasteiger partial charge in [0.05, 0.1) is 5.02 Å². The number of ether oxygens (including phenoxy) is 1. The Hall–Kier alpha value is -2.93. The van der Waals surface area contributed by atoms with Crippen LogP contribution in [0, 0.1) is 5.82 Å². The van der Waals surface area contributed by atoms with Gasteiger partial charge in [0, 0.05) is 24.7 Å². The summed E-state index contributed by atoms with van der Waals surface area (Å²) in [4.78, 5) is 17.5. The van der Waals surface area contributed by atoms with Crippen LogP contribution in [-0.2, 0) is 11.3 Å². The van der Waals surface area contributed by atoms with Crippen molar-refractivity contribution in [2.75, 3.05) is 13.7 Å². The number of amides is 1. The third kappa shape index (κ3) is 4.18. The highest BCUT2D eigenvalue weighted by Crippen LogP contribution is 2.26. The zero-order valence-corrected chi connectivity index (χ0v) is 14.6. The van der Waals surface area contributed by atoms with Crippen LogP contribution in [0.1, 0.15) is 5.56 Å². The highest BCUT2D eigenvalue weighted by atomic mass is 35.5. The number of nitrogens with zero attached hydrogens (tertiary/aromatic N) is 3. The lowest BCUT2D eigenvalue weighted by Gasteiger charge is -2.17. The first-order valence-corrected chi connectivity index (χ1v) is 8.11. The number of halogens is 2. The van der Waals surface area contributed by atoms with Crippen LogP contribution in [0.3, 0.4) is 0 Å². The average molecular weight is 376 g/mol. The molecule has 0 bridgehead atoms. The van der Waals surface area contributed by atoms with Gasteiger partial charge in [-0.25, -0.2) is 4.39 Å². The second-order valence-electron chi connectivity index (χ2n) is 5.49. The molecule has 0 radical (unpaired) electrons. The smallest absolute Gasteiger partial charge is 0.418 e. The van der Waals surface area contributed by atoms with E-state index in [0.717, 1.165) is 0 Å². The number of carbonyl (C=O) groups excluding carboxylic acids is 1. The summed E-state index contributed by atoms with van der Waals surface area (Å²) in [6.07, 6.45) is -0.146. The Bertz CT molecular complexity index is 916. The fourth-order valence-corrected chi connectivity index (χ4v) is 2.44. The van der Waals surface area contributed by atoms with E-state index >= 15 is 0 Å². The van der Waals surface area contributed by atoms with E-state index in [2.05, 4.69) is 10.1 Å². The number of hydrogen-bond donors (Lipinski definition) is 0. The molecule has 134 valence electrons. The van der Waals surface area contributed by atoms with Crippen LogP contribution in [0.4, 0.5) is 4.39 Å². The molecule has 1 amide bonds. The Labute approximate surface area is 154 Å². The second kappa shape index (κ2) is 7.97. The van der Waals surface area contributed by atoms with Gasteiger partial charge in [-0.2, -0.15) is 4.98 Å². The van der Waals surface area contributed by atoms with Gasteiger partial charge in [-0.3, -0.25) is 9.32 Å². The third-order valence-corrected chi connectivity index (χ3v) is 3.96. The fourth-order valence-electron chi connectivity index (χ4n) is 2.22. The minimum absolute atomic E-state index is 0.129. The predicted octanol–water partition coefficient (Wildman–Crippen LogP) is 3.57. The highest BCUT2D eigenvalue weighted by molar-refractivity contribution is 6.33. The van der Waals surface area contributed by atoms with E-state index < -0.39 is 0 Å². The molecule has 0 N–H and O–H groups in total. The summed E-state index contributed by atoms with van der Waals surface area (Å²) in [6.45, 7) is -0.182. The van der Waals surface area contributed by atoms with Gasteiger partial charge in [-0.05, 0) is 18.2 Å². The van der Waals surface area contributed by atoms with Crippen LogP contribution < -0.4 is 4.74 Å². The average Bonchev–Trinajstić information content (AvgIpc) is 3.10. The van der Waals surface area contributed by atoms with Crippen molar-refractivity contribution < 1.29 is 18.4 Å². The largest absolute Gasteiger partial charge is 0.439 e. The molecule has 0 aliphatic carbocycles. The zero-order valence-electron chi connectivity index (χ0n) is 13.9. The van der Waals surface area contributed by atoms with Crippen LogP contribution in [0.25, 0.3) is 11.4 Å². The maximum absolute atomic E-state index is 13.6. The van der Waals surface area contributed by atoms with Crippen LogP contribution in [0.2, 0.25) is 5.02 Å². The summed E-state index contributed by atoms with van der Waals surface area (Å²) in [5.41, 5.74) is 1.01. The van der Waals surface area contributed by atoms with Crippen molar-refractivity contribution in [3.05, 3.63) is 64.9 Å². The molecule has 1 heterocycles. The first kappa shape index (κ1) is 17.9. The van der Waals surface area contributed by atoms with E-state index in [1.54, 1.807) is 49.5 Å². The quantitative estimate of drug-likeness (QED) is 0.658. The Morgan fingerprint density at radius 1 is 1.23 bits per heavy atom. The van der Waals surface area contributed by atoms with Gasteiger partial charge < -0.3 is 9.64 Å². The number of likely N-dealkylation sites (N-methyl/N-ethyl adjacent to an activating group) is 1. The summed E-state index contributed by atoms with van der Waals surface area (Å²) >= 11 is 6.07. The lowest BCUT2D eigenvalue weighted by atomic mass is 10.2. The van der Waals surface area contributed by atoms with Crippen LogP contribution in [0.15, 0.2) is 53.1 Å². The Kier molecular flexibility index (Phi) is 5.48. The Balaban J connectivity index is 1.58. The van der Waals surface area contributed by atoms with E-state index in [0.29, 0.717) is 16.1 Å². The maximum atomic E-state index is 13.6. The van der Waals surface area contributed by atoms with E-state index in [-0.39, 0.29) is 36.8 Å². The monoisotopic (exact) mass is 375 g/mol. The number of aromatic nitrogens is 2. The maximum Gasteiger partial charge on any atom is 0.418 e. The minimum Gasteiger partial charge on any atom is -0.439 e. The van der Waals surface area contributed by atoms with Crippen LogP contribution in [0.5, 0.6) is 6.08 Å². The van der Waals surface area contributed by atoms with E-state index in [1.165, 1.54) is 11.0 Å². The van der Waals surface area contributed by atoms with Crippen molar-refractivity contribution >= 4 is 17.5 Å². The molecular formula is C18H15ClFN3O3. The summed E-state index contributed by atoms with van der Waals surface area (Å²) < 4.78 is 23.8. The molecule has 0 saturated heterocycles. The molecule has 0 aliphatic rings. The fraction of sp³-hybridized carbons (Fsp3) is 0.167. The molecule has 1 aromatic heterocycles. The van der Waals surface area contributed by atoms with Gasteiger partial charge in [0.15, 0.2) is 6.61 Å². The second-order valence-corrected chi connectivity index (χ2v) is 5.90. The molecule has 26 heavy (non-hydrogen) atoms. The first-order chi connectivity index (χ1) is 12.5. The van der Waals surface area contributed by atoms with Crippen molar-refractivity contribution in [1.82, 2.24) is 15.0 Å². The number of benzene rings is 2. The van der Waals surface area contributed by atoms with E-state index in [4.69, 9.17) is 20.9 Å². The van der Waals surface area contributed by atoms with Gasteiger partial charge in [-0.1, -0.05) is 47.1 Å². The normalized spacial score (nSPS) is 10.6. The third-order valence-electron chi connectivity index (χ3n) is 3.63. The molecule has 0 fully saturated rings. The van der Waals surface area contributed by atoms with Crippen LogP contribution >= 0.6 is 11.6 Å². The van der Waals surface area contributed by atoms with Crippen molar-refractivity contribution in [2.45, 2.75) is 6.54 Å². The molecule has 6 nitrogen and oxygen atoms in total. The lowest BCUT2D eigenvalue weighted by molar-refractivity contribution is -0.133. The van der Waals surface area contributed by atoms with Gasteiger partial charge in [-0.15, -0.1) is 0 Å². The number of rotatable bonds is 6. The van der Waals surface area contributed by atoms with Crippen molar-refractivity contribution in [1.29, 1.82) is 0 Å². The van der Waals surface area contributed by atoms with Crippen molar-refractivity contribution in [2.24, 2.45) is 0 Å². The highest BCUT2D eigenvalue weighted by Gasteiger charge is 2.16. The molecule has 0 unspecified atom stereocenters. The number of hydrogen-bond acceptors (Lipinski definition) is 5. The summed E-state index contributed by atoms with van der Waals surface area (Å²) in [6, 6.07) is 13.3. The Morgan fingerprint density at radius 2 is 1.96 bits per heavy atom. The topological polar surface area (TPSA) is 68.5 Å². The van der Waals surface area contributed by atoms with E-state index in [1.807, 2.05) is 0 Å². The lowest BCUT2D eigenvalue weighted by Crippen LogP contribution is -2.31. The van der Waals surface area contributed by atoms with Crippen molar-refractivity contribution in [3.8, 4) is 17.5 Å². The van der Waals surface area contributed by atoms with Gasteiger partial charge in [0.25, 0.3) is 5.91 Å². The summed E-state index contributed by atoms with van der Waals surface area (Å²) in [5, 5.41) is 4.25. The Morgan fingerprint density at radius 3 is 2.73 bits per heavy atom. The summed E-state index contributed by atoms with van der Waals surface area (Å²) in [7, 11) is 1.56.